The minimum Gasteiger partial charge on any atom is -0.444 e. The highest BCUT2D eigenvalue weighted by Crippen LogP contribution is 2.20. The number of thioether (sulfide) groups is 1. The van der Waals surface area contributed by atoms with Crippen LogP contribution in [0.15, 0.2) is 41.0 Å². The van der Waals surface area contributed by atoms with Crippen LogP contribution in [-0.2, 0) is 10.5 Å². The quantitative estimate of drug-likeness (QED) is 0.767. The molecule has 1 amide bonds. The third kappa shape index (κ3) is 4.85. The van der Waals surface area contributed by atoms with Crippen LogP contribution in [0.4, 0.5) is 0 Å². The van der Waals surface area contributed by atoms with Crippen LogP contribution in [0, 0.1) is 5.92 Å². The largest absolute Gasteiger partial charge is 0.444 e. The van der Waals surface area contributed by atoms with Gasteiger partial charge in [0, 0.05) is 17.9 Å². The molecule has 6 heteroatoms. The molecular formula is C18H25N3O2S. The van der Waals surface area contributed by atoms with E-state index in [1.54, 1.807) is 6.26 Å². The van der Waals surface area contributed by atoms with E-state index in [0.717, 1.165) is 11.3 Å². The summed E-state index contributed by atoms with van der Waals surface area (Å²) in [5.74, 6) is 1.88. The number of amides is 1. The van der Waals surface area contributed by atoms with E-state index in [1.165, 1.54) is 11.8 Å². The Morgan fingerprint density at radius 3 is 2.71 bits per heavy atom. The van der Waals surface area contributed by atoms with Crippen molar-refractivity contribution in [3.8, 4) is 11.5 Å². The number of hydrogen-bond acceptors (Lipinski definition) is 5. The summed E-state index contributed by atoms with van der Waals surface area (Å²) >= 11 is 1.51. The van der Waals surface area contributed by atoms with Crippen molar-refractivity contribution in [1.29, 1.82) is 0 Å². The fourth-order valence-corrected chi connectivity index (χ4v) is 2.82. The maximum Gasteiger partial charge on any atom is 0.230 e. The number of nitrogens with one attached hydrogen (secondary N) is 1. The zero-order chi connectivity index (χ0) is 17.6. The topological polar surface area (TPSA) is 81.1 Å². The lowest BCUT2D eigenvalue weighted by atomic mass is 9.88. The molecule has 3 N–H and O–H groups in total. The van der Waals surface area contributed by atoms with Crippen LogP contribution < -0.4 is 11.1 Å². The summed E-state index contributed by atoms with van der Waals surface area (Å²) < 4.78 is 5.50. The lowest BCUT2D eigenvalue weighted by molar-refractivity contribution is -0.120. The molecule has 0 bridgehead atoms. The molecule has 130 valence electrons. The van der Waals surface area contributed by atoms with Crippen molar-refractivity contribution in [3.63, 3.8) is 0 Å². The first-order valence-corrected chi connectivity index (χ1v) is 9.18. The number of carbonyl (C=O) groups is 1. The number of nitrogens with zero attached hydrogens (tertiary/aromatic N) is 1. The van der Waals surface area contributed by atoms with Gasteiger partial charge in [0.05, 0.1) is 17.0 Å². The number of carbonyl (C=O) groups excluding carboxylic acids is 1. The number of aromatic nitrogens is 1. The Hall–Kier alpha value is -1.79. The Morgan fingerprint density at radius 2 is 2.08 bits per heavy atom. The molecule has 0 aliphatic carbocycles. The molecule has 0 radical (unpaired) electrons. The lowest BCUT2D eigenvalue weighted by Gasteiger charge is -2.33. The van der Waals surface area contributed by atoms with Crippen molar-refractivity contribution in [1.82, 2.24) is 10.3 Å². The molecule has 0 aliphatic rings. The highest BCUT2D eigenvalue weighted by molar-refractivity contribution is 7.99. The highest BCUT2D eigenvalue weighted by atomic mass is 32.2. The van der Waals surface area contributed by atoms with Gasteiger partial charge in [0.25, 0.3) is 0 Å². The van der Waals surface area contributed by atoms with Crippen molar-refractivity contribution in [2.75, 3.05) is 12.3 Å². The zero-order valence-electron chi connectivity index (χ0n) is 14.4. The van der Waals surface area contributed by atoms with E-state index in [4.69, 9.17) is 10.2 Å². The van der Waals surface area contributed by atoms with Crippen LogP contribution in [0.2, 0.25) is 0 Å². The van der Waals surface area contributed by atoms with Gasteiger partial charge in [-0.25, -0.2) is 4.98 Å². The standard InChI is InChI=1S/C18H25N3O2S/c1-13(2)18(3,12-19)21-16(22)11-24-10-15-9-23-17(20-15)14-7-5-4-6-8-14/h4-9,13H,10-12,19H2,1-3H3,(H,21,22). The van der Waals surface area contributed by atoms with E-state index < -0.39 is 0 Å². The minimum atomic E-state index is -0.369. The van der Waals surface area contributed by atoms with Crippen molar-refractivity contribution in [2.45, 2.75) is 32.1 Å². The number of benzene rings is 1. The van der Waals surface area contributed by atoms with Crippen LogP contribution in [0.3, 0.4) is 0 Å². The van der Waals surface area contributed by atoms with E-state index in [9.17, 15) is 4.79 Å². The van der Waals surface area contributed by atoms with Crippen LogP contribution in [-0.4, -0.2) is 28.7 Å². The molecule has 5 nitrogen and oxygen atoms in total. The first-order chi connectivity index (χ1) is 11.4. The van der Waals surface area contributed by atoms with Gasteiger partial charge in [-0.15, -0.1) is 11.8 Å². The summed E-state index contributed by atoms with van der Waals surface area (Å²) in [6.45, 7) is 6.51. The van der Waals surface area contributed by atoms with Crippen LogP contribution in [0.1, 0.15) is 26.5 Å². The summed E-state index contributed by atoms with van der Waals surface area (Å²) in [6, 6.07) is 9.75. The van der Waals surface area contributed by atoms with Crippen molar-refractivity contribution in [3.05, 3.63) is 42.3 Å². The maximum atomic E-state index is 12.1. The van der Waals surface area contributed by atoms with Crippen LogP contribution in [0.5, 0.6) is 0 Å². The van der Waals surface area contributed by atoms with Crippen LogP contribution >= 0.6 is 11.8 Å². The highest BCUT2D eigenvalue weighted by Gasteiger charge is 2.28. The average Bonchev–Trinajstić information content (AvgIpc) is 3.04. The van der Waals surface area contributed by atoms with E-state index in [1.807, 2.05) is 37.3 Å². The number of oxazole rings is 1. The number of rotatable bonds is 8. The Balaban J connectivity index is 1.82. The lowest BCUT2D eigenvalue weighted by Crippen LogP contribution is -2.55. The molecule has 1 unspecified atom stereocenters. The fourth-order valence-electron chi connectivity index (χ4n) is 2.12. The number of hydrogen-bond donors (Lipinski definition) is 2. The molecule has 1 heterocycles. The van der Waals surface area contributed by atoms with Gasteiger partial charge in [-0.1, -0.05) is 32.0 Å². The predicted octanol–water partition coefficient (Wildman–Crippen LogP) is 3.06. The molecule has 0 fully saturated rings. The molecule has 24 heavy (non-hydrogen) atoms. The molecule has 0 aliphatic heterocycles. The predicted molar refractivity (Wildman–Crippen MR) is 98.5 cm³/mol. The maximum absolute atomic E-state index is 12.1. The van der Waals surface area contributed by atoms with Gasteiger partial charge >= 0.3 is 0 Å². The van der Waals surface area contributed by atoms with E-state index >= 15 is 0 Å². The first-order valence-electron chi connectivity index (χ1n) is 8.03. The molecule has 2 aromatic rings. The van der Waals surface area contributed by atoms with E-state index in [2.05, 4.69) is 24.1 Å². The van der Waals surface area contributed by atoms with Crippen molar-refractivity contribution in [2.24, 2.45) is 11.7 Å². The monoisotopic (exact) mass is 347 g/mol. The minimum absolute atomic E-state index is 0.00609. The second-order valence-corrected chi connectivity index (χ2v) is 7.31. The molecule has 0 spiro atoms. The molecule has 0 saturated carbocycles. The Labute approximate surface area is 147 Å². The second-order valence-electron chi connectivity index (χ2n) is 6.33. The summed E-state index contributed by atoms with van der Waals surface area (Å²) in [5.41, 5.74) is 7.20. The molecule has 1 atom stereocenters. The zero-order valence-corrected chi connectivity index (χ0v) is 15.2. The van der Waals surface area contributed by atoms with E-state index in [0.29, 0.717) is 23.9 Å². The van der Waals surface area contributed by atoms with E-state index in [-0.39, 0.29) is 17.4 Å². The summed E-state index contributed by atoms with van der Waals surface area (Å²) in [7, 11) is 0. The first kappa shape index (κ1) is 18.5. The van der Waals surface area contributed by atoms with Crippen molar-refractivity contribution >= 4 is 17.7 Å². The molecule has 0 saturated heterocycles. The normalized spacial score (nSPS) is 13.7. The Morgan fingerprint density at radius 1 is 1.38 bits per heavy atom. The molecular weight excluding hydrogens is 322 g/mol. The van der Waals surface area contributed by atoms with Crippen molar-refractivity contribution < 1.29 is 9.21 Å². The molecule has 2 rings (SSSR count). The van der Waals surface area contributed by atoms with Gasteiger partial charge < -0.3 is 15.5 Å². The fraction of sp³-hybridized carbons (Fsp3) is 0.444. The third-order valence-corrected chi connectivity index (χ3v) is 5.15. The Bertz CT molecular complexity index is 657. The molecule has 1 aromatic carbocycles. The van der Waals surface area contributed by atoms with Gasteiger partial charge in [0.1, 0.15) is 6.26 Å². The summed E-state index contributed by atoms with van der Waals surface area (Å²) in [6.07, 6.45) is 1.64. The van der Waals surface area contributed by atoms with Crippen LogP contribution in [0.25, 0.3) is 11.5 Å². The Kier molecular flexibility index (Phi) is 6.45. The van der Waals surface area contributed by atoms with Gasteiger partial charge in [0.2, 0.25) is 11.8 Å². The SMILES string of the molecule is CC(C)C(C)(CN)NC(=O)CSCc1coc(-c2ccccc2)n1. The van der Waals surface area contributed by atoms with Gasteiger partial charge in [-0.2, -0.15) is 0 Å². The average molecular weight is 347 g/mol. The summed E-state index contributed by atoms with van der Waals surface area (Å²) in [5, 5.41) is 3.03. The second kappa shape index (κ2) is 8.35. The van der Waals surface area contributed by atoms with Gasteiger partial charge in [-0.3, -0.25) is 4.79 Å². The third-order valence-electron chi connectivity index (χ3n) is 4.18. The van der Waals surface area contributed by atoms with Gasteiger partial charge in [0.15, 0.2) is 0 Å². The smallest absolute Gasteiger partial charge is 0.230 e. The molecule has 1 aromatic heterocycles. The van der Waals surface area contributed by atoms with Gasteiger partial charge in [-0.05, 0) is 25.0 Å². The summed E-state index contributed by atoms with van der Waals surface area (Å²) in [4.78, 5) is 16.6. The number of nitrogens with two attached hydrogens (primary N) is 1.